The summed E-state index contributed by atoms with van der Waals surface area (Å²) in [5.41, 5.74) is 0. The molecule has 0 saturated carbocycles. The molecule has 1 aromatic heterocycles. The Morgan fingerprint density at radius 3 is 2.77 bits per heavy atom. The molecule has 0 radical (unpaired) electrons. The lowest BCUT2D eigenvalue weighted by molar-refractivity contribution is -0.0595. The average molecular weight is 306 g/mol. The van der Waals surface area contributed by atoms with E-state index in [2.05, 4.69) is 21.9 Å². The minimum absolute atomic E-state index is 0.350. The maximum absolute atomic E-state index is 6.19. The van der Waals surface area contributed by atoms with Gasteiger partial charge in [0.2, 0.25) is 0 Å². The van der Waals surface area contributed by atoms with Gasteiger partial charge in [0, 0.05) is 32.3 Å². The van der Waals surface area contributed by atoms with Crippen molar-refractivity contribution in [2.45, 2.75) is 44.5 Å². The highest BCUT2D eigenvalue weighted by molar-refractivity contribution is 5.08. The van der Waals surface area contributed by atoms with Gasteiger partial charge in [-0.25, -0.2) is 0 Å². The summed E-state index contributed by atoms with van der Waals surface area (Å²) in [4.78, 5) is 5.14. The molecule has 3 fully saturated rings. The van der Waals surface area contributed by atoms with Crippen LogP contribution < -0.4 is 0 Å². The molecule has 5 nitrogen and oxygen atoms in total. The molecule has 0 aromatic carbocycles. The second-order valence-corrected chi connectivity index (χ2v) is 6.70. The second kappa shape index (κ2) is 6.32. The molecule has 3 aliphatic heterocycles. The maximum Gasteiger partial charge on any atom is 0.118 e. The minimum atomic E-state index is 0.350. The Bertz CT molecular complexity index is 498. The minimum Gasteiger partial charge on any atom is -0.465 e. The summed E-state index contributed by atoms with van der Waals surface area (Å²) in [5.74, 6) is 2.07. The Morgan fingerprint density at radius 2 is 2.00 bits per heavy atom. The highest BCUT2D eigenvalue weighted by Crippen LogP contribution is 2.33. The van der Waals surface area contributed by atoms with E-state index in [1.54, 1.807) is 0 Å². The number of hydrogen-bond donors (Lipinski definition) is 0. The van der Waals surface area contributed by atoms with Crippen LogP contribution in [0.4, 0.5) is 0 Å². The van der Waals surface area contributed by atoms with Crippen molar-refractivity contribution in [2.75, 3.05) is 39.5 Å². The Morgan fingerprint density at radius 1 is 1.14 bits per heavy atom. The van der Waals surface area contributed by atoms with E-state index in [4.69, 9.17) is 13.9 Å². The lowest BCUT2D eigenvalue weighted by Gasteiger charge is -2.37. The highest BCUT2D eigenvalue weighted by atomic mass is 16.5. The summed E-state index contributed by atoms with van der Waals surface area (Å²) in [6.45, 7) is 8.67. The van der Waals surface area contributed by atoms with Gasteiger partial charge in [0.05, 0.1) is 31.9 Å². The van der Waals surface area contributed by atoms with E-state index >= 15 is 0 Å². The second-order valence-electron chi connectivity index (χ2n) is 6.70. The largest absolute Gasteiger partial charge is 0.465 e. The molecule has 3 atom stereocenters. The fourth-order valence-corrected chi connectivity index (χ4v) is 4.21. The van der Waals surface area contributed by atoms with Crippen LogP contribution in [0, 0.1) is 6.92 Å². The molecule has 22 heavy (non-hydrogen) atoms. The van der Waals surface area contributed by atoms with Crippen molar-refractivity contribution in [3.63, 3.8) is 0 Å². The normalized spacial score (nSPS) is 34.0. The molecule has 0 spiro atoms. The van der Waals surface area contributed by atoms with Crippen LogP contribution in [0.5, 0.6) is 0 Å². The molecule has 4 heterocycles. The molecule has 122 valence electrons. The van der Waals surface area contributed by atoms with Gasteiger partial charge < -0.3 is 13.9 Å². The first-order valence-electron chi connectivity index (χ1n) is 8.54. The molecule has 4 rings (SSSR count). The molecular formula is C17H26N2O3. The Kier molecular flexibility index (Phi) is 4.22. The molecule has 5 heteroatoms. The molecule has 0 aliphatic carbocycles. The predicted molar refractivity (Wildman–Crippen MR) is 82.8 cm³/mol. The molecule has 0 amide bonds. The van der Waals surface area contributed by atoms with Gasteiger partial charge in [-0.3, -0.25) is 9.80 Å². The van der Waals surface area contributed by atoms with E-state index in [1.807, 2.05) is 6.92 Å². The van der Waals surface area contributed by atoms with Crippen LogP contribution in [0.3, 0.4) is 0 Å². The summed E-state index contributed by atoms with van der Waals surface area (Å²) >= 11 is 0. The first-order chi connectivity index (χ1) is 10.8. The summed E-state index contributed by atoms with van der Waals surface area (Å²) in [5, 5.41) is 0. The van der Waals surface area contributed by atoms with Crippen LogP contribution >= 0.6 is 0 Å². The van der Waals surface area contributed by atoms with Gasteiger partial charge in [0.15, 0.2) is 0 Å². The topological polar surface area (TPSA) is 38.1 Å². The van der Waals surface area contributed by atoms with Crippen molar-refractivity contribution >= 4 is 0 Å². The van der Waals surface area contributed by atoms with Crippen LogP contribution in [0.25, 0.3) is 0 Å². The lowest BCUT2D eigenvalue weighted by Crippen LogP contribution is -2.51. The highest BCUT2D eigenvalue weighted by Gasteiger charge is 2.46. The van der Waals surface area contributed by atoms with Gasteiger partial charge >= 0.3 is 0 Å². The molecule has 3 saturated heterocycles. The molecule has 3 aliphatic rings. The molecule has 0 bridgehead atoms. The molecule has 1 aromatic rings. The smallest absolute Gasteiger partial charge is 0.118 e. The summed E-state index contributed by atoms with van der Waals surface area (Å²) in [6.07, 6.45) is 2.76. The molecule has 0 N–H and O–H groups in total. The third-order valence-corrected chi connectivity index (χ3v) is 5.27. The summed E-state index contributed by atoms with van der Waals surface area (Å²) in [7, 11) is 0. The predicted octanol–water partition coefficient (Wildman–Crippen LogP) is 1.65. The maximum atomic E-state index is 6.19. The fourth-order valence-electron chi connectivity index (χ4n) is 4.21. The van der Waals surface area contributed by atoms with E-state index in [9.17, 15) is 0 Å². The van der Waals surface area contributed by atoms with Crippen molar-refractivity contribution in [1.82, 2.24) is 9.80 Å². The van der Waals surface area contributed by atoms with E-state index < -0.39 is 0 Å². The lowest BCUT2D eigenvalue weighted by atomic mass is 10.00. The number of morpholine rings is 1. The zero-order valence-corrected chi connectivity index (χ0v) is 13.4. The van der Waals surface area contributed by atoms with Crippen LogP contribution in [0.15, 0.2) is 16.5 Å². The van der Waals surface area contributed by atoms with Crippen molar-refractivity contribution in [2.24, 2.45) is 0 Å². The molecule has 0 unspecified atom stereocenters. The van der Waals surface area contributed by atoms with E-state index in [-0.39, 0.29) is 0 Å². The van der Waals surface area contributed by atoms with Gasteiger partial charge in [-0.15, -0.1) is 0 Å². The fraction of sp³-hybridized carbons (Fsp3) is 0.765. The quantitative estimate of drug-likeness (QED) is 0.849. The summed E-state index contributed by atoms with van der Waals surface area (Å²) < 4.78 is 17.5. The SMILES string of the molecule is Cc1ccc(CN2C[C@H](N3CCOCC3)[C@H]3OCCC[C@@H]32)o1. The number of furan rings is 1. The Labute approximate surface area is 132 Å². The summed E-state index contributed by atoms with van der Waals surface area (Å²) in [6, 6.07) is 5.20. The number of ether oxygens (including phenoxy) is 2. The molecular weight excluding hydrogens is 280 g/mol. The van der Waals surface area contributed by atoms with Gasteiger partial charge in [-0.2, -0.15) is 0 Å². The average Bonchev–Trinajstić information content (AvgIpc) is 3.13. The van der Waals surface area contributed by atoms with E-state index in [1.165, 1.54) is 12.8 Å². The van der Waals surface area contributed by atoms with Gasteiger partial charge in [-0.1, -0.05) is 0 Å². The first kappa shape index (κ1) is 14.7. The first-order valence-corrected chi connectivity index (χ1v) is 8.54. The number of fused-ring (bicyclic) bond motifs is 1. The number of likely N-dealkylation sites (tertiary alicyclic amines) is 1. The van der Waals surface area contributed by atoms with Crippen LogP contribution in [-0.2, 0) is 16.0 Å². The van der Waals surface area contributed by atoms with Gasteiger partial charge in [0.1, 0.15) is 11.5 Å². The van der Waals surface area contributed by atoms with E-state index in [0.29, 0.717) is 18.2 Å². The van der Waals surface area contributed by atoms with Gasteiger partial charge in [0.25, 0.3) is 0 Å². The standard InChI is InChI=1S/C17H26N2O3/c1-13-4-5-14(22-13)11-19-12-16(18-6-9-20-10-7-18)17-15(19)3-2-8-21-17/h4-5,15-17H,2-3,6-12H2,1H3/t15-,16-,17-/m0/s1. The zero-order chi connectivity index (χ0) is 14.9. The zero-order valence-electron chi connectivity index (χ0n) is 13.4. The third-order valence-electron chi connectivity index (χ3n) is 5.27. The van der Waals surface area contributed by atoms with Crippen molar-refractivity contribution < 1.29 is 13.9 Å². The number of aryl methyl sites for hydroxylation is 1. The van der Waals surface area contributed by atoms with Crippen LogP contribution in [0.2, 0.25) is 0 Å². The van der Waals surface area contributed by atoms with Crippen molar-refractivity contribution in [3.8, 4) is 0 Å². The number of hydrogen-bond acceptors (Lipinski definition) is 5. The Balaban J connectivity index is 1.49. The van der Waals surface area contributed by atoms with Crippen LogP contribution in [-0.4, -0.2) is 67.4 Å². The number of rotatable bonds is 3. The van der Waals surface area contributed by atoms with Crippen molar-refractivity contribution in [1.29, 1.82) is 0 Å². The van der Waals surface area contributed by atoms with Crippen LogP contribution in [0.1, 0.15) is 24.4 Å². The Hall–Kier alpha value is -0.880. The van der Waals surface area contributed by atoms with Gasteiger partial charge in [-0.05, 0) is 31.9 Å². The number of nitrogens with zero attached hydrogens (tertiary/aromatic N) is 2. The van der Waals surface area contributed by atoms with E-state index in [0.717, 1.165) is 57.5 Å². The monoisotopic (exact) mass is 306 g/mol. The van der Waals surface area contributed by atoms with Crippen molar-refractivity contribution in [3.05, 3.63) is 23.7 Å². The third kappa shape index (κ3) is 2.83.